The second kappa shape index (κ2) is 5.95. The topological polar surface area (TPSA) is 83.0 Å². The van der Waals surface area contributed by atoms with Crippen molar-refractivity contribution < 1.29 is 9.53 Å². The largest absolute Gasteiger partial charge is 0.458 e. The van der Waals surface area contributed by atoms with Gasteiger partial charge in [-0.1, -0.05) is 31.2 Å². The monoisotopic (exact) mass is 288 g/mol. The molecule has 0 bridgehead atoms. The molecule has 2 rings (SSSR count). The van der Waals surface area contributed by atoms with Crippen LogP contribution >= 0.6 is 0 Å². The molecule has 21 heavy (non-hydrogen) atoms. The van der Waals surface area contributed by atoms with Crippen LogP contribution in [0.2, 0.25) is 0 Å². The van der Waals surface area contributed by atoms with Gasteiger partial charge in [0, 0.05) is 0 Å². The van der Waals surface area contributed by atoms with E-state index >= 15 is 0 Å². The highest BCUT2D eigenvalue weighted by atomic mass is 16.5. The first kappa shape index (κ1) is 15.0. The number of aromatic nitrogens is 3. The number of anilines is 1. The minimum absolute atomic E-state index is 0.0386. The van der Waals surface area contributed by atoms with Gasteiger partial charge in [-0.05, 0) is 37.5 Å². The molecule has 0 aliphatic carbocycles. The quantitative estimate of drug-likeness (QED) is 0.874. The minimum Gasteiger partial charge on any atom is -0.458 e. The second-order valence-corrected chi connectivity index (χ2v) is 5.44. The zero-order valence-electron chi connectivity index (χ0n) is 12.7. The van der Waals surface area contributed by atoms with Gasteiger partial charge >= 0.3 is 5.97 Å². The average Bonchev–Trinajstić information content (AvgIpc) is 2.80. The number of ether oxygens (including phenoxy) is 1. The van der Waals surface area contributed by atoms with Crippen LogP contribution in [0.15, 0.2) is 24.3 Å². The summed E-state index contributed by atoms with van der Waals surface area (Å²) >= 11 is 0. The van der Waals surface area contributed by atoms with Crippen molar-refractivity contribution in [3.63, 3.8) is 0 Å². The molecule has 6 nitrogen and oxygen atoms in total. The Morgan fingerprint density at radius 2 is 1.81 bits per heavy atom. The predicted octanol–water partition coefficient (Wildman–Crippen LogP) is 2.54. The number of nitrogen functional groups attached to an aromatic ring is 1. The molecule has 0 radical (unpaired) electrons. The van der Waals surface area contributed by atoms with E-state index in [1.54, 1.807) is 13.8 Å². The van der Waals surface area contributed by atoms with E-state index in [0.29, 0.717) is 5.92 Å². The summed E-state index contributed by atoms with van der Waals surface area (Å²) in [5, 5.41) is 7.75. The van der Waals surface area contributed by atoms with Crippen LogP contribution in [0.3, 0.4) is 0 Å². The van der Waals surface area contributed by atoms with Crippen molar-refractivity contribution in [2.75, 3.05) is 5.73 Å². The fourth-order valence-electron chi connectivity index (χ4n) is 1.90. The minimum atomic E-state index is -0.562. The van der Waals surface area contributed by atoms with E-state index in [1.165, 1.54) is 10.2 Å². The van der Waals surface area contributed by atoms with Gasteiger partial charge in [-0.3, -0.25) is 0 Å². The van der Waals surface area contributed by atoms with E-state index in [-0.39, 0.29) is 17.6 Å². The Kier molecular flexibility index (Phi) is 4.26. The Balaban J connectivity index is 2.29. The third-order valence-electron chi connectivity index (χ3n) is 3.05. The molecule has 112 valence electrons. The molecule has 2 aromatic rings. The Labute approximate surface area is 123 Å². The number of benzene rings is 1. The van der Waals surface area contributed by atoms with Crippen molar-refractivity contribution in [1.82, 2.24) is 15.0 Å². The first-order valence-electron chi connectivity index (χ1n) is 6.92. The first-order chi connectivity index (χ1) is 9.90. The van der Waals surface area contributed by atoms with E-state index in [2.05, 4.69) is 24.2 Å². The third kappa shape index (κ3) is 3.21. The van der Waals surface area contributed by atoms with E-state index in [0.717, 1.165) is 5.69 Å². The zero-order valence-corrected chi connectivity index (χ0v) is 12.7. The summed E-state index contributed by atoms with van der Waals surface area (Å²) in [6.45, 7) is 7.78. The van der Waals surface area contributed by atoms with Crippen molar-refractivity contribution in [3.8, 4) is 5.69 Å². The third-order valence-corrected chi connectivity index (χ3v) is 3.05. The van der Waals surface area contributed by atoms with Crippen molar-refractivity contribution in [2.45, 2.75) is 39.7 Å². The maximum Gasteiger partial charge on any atom is 0.363 e. The fraction of sp³-hybridized carbons (Fsp3) is 0.400. The normalized spacial score (nSPS) is 11.1. The molecule has 1 heterocycles. The molecule has 0 amide bonds. The lowest BCUT2D eigenvalue weighted by atomic mass is 10.0. The highest BCUT2D eigenvalue weighted by molar-refractivity contribution is 5.92. The standard InChI is InChI=1S/C15H20N4O2/c1-9(2)11-5-7-12(8-6-11)19-14(16)13(17-18-19)15(20)21-10(3)4/h5-10H,16H2,1-4H3. The lowest BCUT2D eigenvalue weighted by Crippen LogP contribution is -2.14. The van der Waals surface area contributed by atoms with Gasteiger partial charge in [0.25, 0.3) is 0 Å². The van der Waals surface area contributed by atoms with Gasteiger partial charge in [0.15, 0.2) is 5.82 Å². The van der Waals surface area contributed by atoms with Crippen LogP contribution in [-0.2, 0) is 4.74 Å². The first-order valence-corrected chi connectivity index (χ1v) is 6.92. The molecule has 0 aliphatic rings. The van der Waals surface area contributed by atoms with Gasteiger partial charge in [0.1, 0.15) is 0 Å². The van der Waals surface area contributed by atoms with Crippen LogP contribution in [0.25, 0.3) is 5.69 Å². The molecule has 0 saturated carbocycles. The number of carbonyl (C=O) groups excluding carboxylic acids is 1. The fourth-order valence-corrected chi connectivity index (χ4v) is 1.90. The lowest BCUT2D eigenvalue weighted by Gasteiger charge is -2.08. The number of hydrogen-bond acceptors (Lipinski definition) is 5. The average molecular weight is 288 g/mol. The molecule has 0 aliphatic heterocycles. The maximum atomic E-state index is 11.8. The van der Waals surface area contributed by atoms with E-state index < -0.39 is 5.97 Å². The number of esters is 1. The lowest BCUT2D eigenvalue weighted by molar-refractivity contribution is 0.0372. The van der Waals surface area contributed by atoms with Crippen molar-refractivity contribution in [2.24, 2.45) is 0 Å². The zero-order chi connectivity index (χ0) is 15.6. The SMILES string of the molecule is CC(C)OC(=O)c1nnn(-c2ccc(C(C)C)cc2)c1N. The van der Waals surface area contributed by atoms with Crippen LogP contribution in [0.5, 0.6) is 0 Å². The molecule has 0 saturated heterocycles. The van der Waals surface area contributed by atoms with E-state index in [9.17, 15) is 4.79 Å². The number of nitrogens with two attached hydrogens (primary N) is 1. The smallest absolute Gasteiger partial charge is 0.363 e. The highest BCUT2D eigenvalue weighted by Crippen LogP contribution is 2.19. The predicted molar refractivity (Wildman–Crippen MR) is 80.4 cm³/mol. The van der Waals surface area contributed by atoms with Crippen LogP contribution in [-0.4, -0.2) is 27.1 Å². The Morgan fingerprint density at radius 1 is 1.19 bits per heavy atom. The number of carbonyl (C=O) groups is 1. The Hall–Kier alpha value is -2.37. The van der Waals surface area contributed by atoms with Gasteiger partial charge in [-0.25, -0.2) is 4.79 Å². The van der Waals surface area contributed by atoms with Crippen molar-refractivity contribution in [3.05, 3.63) is 35.5 Å². The number of nitrogens with zero attached hydrogens (tertiary/aromatic N) is 3. The molecule has 0 fully saturated rings. The van der Waals surface area contributed by atoms with Crippen molar-refractivity contribution >= 4 is 11.8 Å². The van der Waals surface area contributed by atoms with Gasteiger partial charge < -0.3 is 10.5 Å². The summed E-state index contributed by atoms with van der Waals surface area (Å²) in [6.07, 6.45) is -0.229. The Morgan fingerprint density at radius 3 is 2.33 bits per heavy atom. The highest BCUT2D eigenvalue weighted by Gasteiger charge is 2.20. The molecule has 0 atom stereocenters. The molecular formula is C15H20N4O2. The van der Waals surface area contributed by atoms with Gasteiger partial charge in [-0.2, -0.15) is 4.68 Å². The van der Waals surface area contributed by atoms with Crippen molar-refractivity contribution in [1.29, 1.82) is 0 Å². The Bertz CT molecular complexity index is 630. The van der Waals surface area contributed by atoms with Crippen LogP contribution < -0.4 is 5.73 Å². The summed E-state index contributed by atoms with van der Waals surface area (Å²) in [5.41, 5.74) is 7.96. The summed E-state index contributed by atoms with van der Waals surface area (Å²) in [7, 11) is 0. The molecular weight excluding hydrogens is 268 g/mol. The molecule has 1 aromatic heterocycles. The summed E-state index contributed by atoms with van der Waals surface area (Å²) in [6, 6.07) is 7.82. The summed E-state index contributed by atoms with van der Waals surface area (Å²) in [5.74, 6) is 0.0641. The van der Waals surface area contributed by atoms with Crippen LogP contribution in [0.4, 0.5) is 5.82 Å². The summed E-state index contributed by atoms with van der Waals surface area (Å²) in [4.78, 5) is 11.8. The van der Waals surface area contributed by atoms with E-state index in [4.69, 9.17) is 10.5 Å². The second-order valence-electron chi connectivity index (χ2n) is 5.44. The summed E-state index contributed by atoms with van der Waals surface area (Å²) < 4.78 is 6.51. The van der Waals surface area contributed by atoms with Crippen LogP contribution in [0, 0.1) is 0 Å². The van der Waals surface area contributed by atoms with Crippen LogP contribution in [0.1, 0.15) is 49.7 Å². The molecule has 2 N–H and O–H groups in total. The van der Waals surface area contributed by atoms with Gasteiger partial charge in [-0.15, -0.1) is 5.10 Å². The molecule has 0 unspecified atom stereocenters. The molecule has 6 heteroatoms. The molecule has 1 aromatic carbocycles. The maximum absolute atomic E-state index is 11.8. The number of hydrogen-bond donors (Lipinski definition) is 1. The van der Waals surface area contributed by atoms with Gasteiger partial charge in [0.2, 0.25) is 5.69 Å². The molecule has 0 spiro atoms. The van der Waals surface area contributed by atoms with Gasteiger partial charge in [0.05, 0.1) is 11.8 Å². The number of rotatable bonds is 4. The van der Waals surface area contributed by atoms with E-state index in [1.807, 2.05) is 24.3 Å².